The van der Waals surface area contributed by atoms with Crippen LogP contribution in [-0.2, 0) is 27.8 Å². The fourth-order valence-corrected chi connectivity index (χ4v) is 7.05. The third kappa shape index (κ3) is 5.76. The molecular formula is C27H26Cl3N3O3S. The molecule has 5 rings (SSSR count). The van der Waals surface area contributed by atoms with Gasteiger partial charge in [0.25, 0.3) is 10.0 Å². The van der Waals surface area contributed by atoms with Crippen molar-refractivity contribution in [1.82, 2.24) is 4.90 Å². The summed E-state index contributed by atoms with van der Waals surface area (Å²) in [4.78, 5) is 15.6. The van der Waals surface area contributed by atoms with Gasteiger partial charge in [-0.25, -0.2) is 8.42 Å². The molecule has 3 aromatic carbocycles. The fraction of sp³-hybridized carbons (Fsp3) is 0.296. The molecule has 0 spiro atoms. The summed E-state index contributed by atoms with van der Waals surface area (Å²) < 4.78 is 28.0. The molecule has 194 valence electrons. The van der Waals surface area contributed by atoms with Gasteiger partial charge < -0.3 is 5.32 Å². The first kappa shape index (κ1) is 26.3. The zero-order valence-corrected chi connectivity index (χ0v) is 23.0. The van der Waals surface area contributed by atoms with Crippen molar-refractivity contribution in [3.63, 3.8) is 0 Å². The molecule has 6 nitrogen and oxygen atoms in total. The van der Waals surface area contributed by atoms with Gasteiger partial charge in [-0.15, -0.1) is 0 Å². The smallest absolute Gasteiger partial charge is 0.264 e. The Morgan fingerprint density at radius 1 is 0.946 bits per heavy atom. The quantitative estimate of drug-likeness (QED) is 0.375. The standard InChI is InChI=1S/C27H26Cl3N3O3S/c28-21-6-9-24(10-7-21)37(35,36)33-13-11-18-4-8-23(15-26(18)33)31-27(34)20-2-1-12-32(17-20)16-19-3-5-22(29)14-25(19)30/h3-10,14-15,20H,1-2,11-13,16-17H2,(H,31,34). The van der Waals surface area contributed by atoms with Crippen LogP contribution in [0.4, 0.5) is 11.4 Å². The van der Waals surface area contributed by atoms with Crippen LogP contribution < -0.4 is 9.62 Å². The van der Waals surface area contributed by atoms with Crippen molar-refractivity contribution in [2.24, 2.45) is 5.92 Å². The molecule has 1 saturated heterocycles. The minimum atomic E-state index is -3.74. The molecule has 1 unspecified atom stereocenters. The molecule has 0 aromatic heterocycles. The number of hydrogen-bond acceptors (Lipinski definition) is 4. The van der Waals surface area contributed by atoms with Crippen LogP contribution in [0.5, 0.6) is 0 Å². The first-order valence-electron chi connectivity index (χ1n) is 12.1. The maximum Gasteiger partial charge on any atom is 0.264 e. The van der Waals surface area contributed by atoms with Crippen LogP contribution in [0, 0.1) is 5.92 Å². The van der Waals surface area contributed by atoms with Crippen LogP contribution in [0.1, 0.15) is 24.0 Å². The number of sulfonamides is 1. The van der Waals surface area contributed by atoms with E-state index in [4.69, 9.17) is 34.8 Å². The van der Waals surface area contributed by atoms with Crippen LogP contribution >= 0.6 is 34.8 Å². The Kier molecular flexibility index (Phi) is 7.70. The molecule has 0 bridgehead atoms. The highest BCUT2D eigenvalue weighted by Crippen LogP contribution is 2.35. The number of benzene rings is 3. The summed E-state index contributed by atoms with van der Waals surface area (Å²) in [5, 5.41) is 4.71. The monoisotopic (exact) mass is 577 g/mol. The third-order valence-corrected chi connectivity index (χ3v) is 9.56. The Morgan fingerprint density at radius 3 is 2.46 bits per heavy atom. The Hall–Kier alpha value is -2.29. The largest absolute Gasteiger partial charge is 0.326 e. The van der Waals surface area contributed by atoms with Crippen LogP contribution in [-0.4, -0.2) is 38.9 Å². The van der Waals surface area contributed by atoms with Gasteiger partial charge in [0.1, 0.15) is 0 Å². The van der Waals surface area contributed by atoms with Crippen LogP contribution in [0.25, 0.3) is 0 Å². The molecule has 1 amide bonds. The van der Waals surface area contributed by atoms with E-state index in [1.807, 2.05) is 24.3 Å². The number of rotatable bonds is 6. The van der Waals surface area contributed by atoms with Gasteiger partial charge in [-0.3, -0.25) is 14.0 Å². The van der Waals surface area contributed by atoms with Crippen molar-refractivity contribution in [3.8, 4) is 0 Å². The van der Waals surface area contributed by atoms with Gasteiger partial charge in [0.15, 0.2) is 0 Å². The van der Waals surface area contributed by atoms with E-state index in [0.29, 0.717) is 52.5 Å². The Labute approximate surface area is 232 Å². The normalized spacial score (nSPS) is 18.0. The summed E-state index contributed by atoms with van der Waals surface area (Å²) >= 11 is 18.3. The van der Waals surface area contributed by atoms with E-state index in [0.717, 1.165) is 30.5 Å². The molecule has 1 atom stereocenters. The number of anilines is 2. The summed E-state index contributed by atoms with van der Waals surface area (Å²) in [5.41, 5.74) is 3.09. The van der Waals surface area contributed by atoms with Crippen LogP contribution in [0.15, 0.2) is 65.6 Å². The number of carbonyl (C=O) groups is 1. The number of piperidine rings is 1. The summed E-state index contributed by atoms with van der Waals surface area (Å²) in [6.45, 7) is 2.50. The van der Waals surface area contributed by atoms with Crippen molar-refractivity contribution in [2.75, 3.05) is 29.3 Å². The number of likely N-dealkylation sites (tertiary alicyclic amines) is 1. The number of amides is 1. The minimum Gasteiger partial charge on any atom is -0.326 e. The number of nitrogens with zero attached hydrogens (tertiary/aromatic N) is 2. The van der Waals surface area contributed by atoms with E-state index in [1.165, 1.54) is 16.4 Å². The summed E-state index contributed by atoms with van der Waals surface area (Å²) in [5.74, 6) is -0.251. The highest BCUT2D eigenvalue weighted by atomic mass is 35.5. The van der Waals surface area contributed by atoms with E-state index >= 15 is 0 Å². The van der Waals surface area contributed by atoms with Gasteiger partial charge in [0.2, 0.25) is 5.91 Å². The van der Waals surface area contributed by atoms with Crippen molar-refractivity contribution in [3.05, 3.63) is 86.9 Å². The van der Waals surface area contributed by atoms with E-state index < -0.39 is 10.0 Å². The predicted octanol–water partition coefficient (Wildman–Crippen LogP) is 6.25. The lowest BCUT2D eigenvalue weighted by Crippen LogP contribution is -2.40. The van der Waals surface area contributed by atoms with Crippen LogP contribution in [0.2, 0.25) is 15.1 Å². The lowest BCUT2D eigenvalue weighted by atomic mass is 9.96. The van der Waals surface area contributed by atoms with Crippen molar-refractivity contribution in [2.45, 2.75) is 30.7 Å². The number of nitrogens with one attached hydrogen (secondary N) is 1. The molecular weight excluding hydrogens is 553 g/mol. The average Bonchev–Trinajstić information content (AvgIpc) is 3.30. The lowest BCUT2D eigenvalue weighted by molar-refractivity contribution is -0.121. The molecule has 0 aliphatic carbocycles. The second-order valence-corrected chi connectivity index (χ2v) is 12.6. The SMILES string of the molecule is O=C(Nc1ccc2c(c1)N(S(=O)(=O)c1ccc(Cl)cc1)CC2)C1CCCN(Cc2ccc(Cl)cc2Cl)C1. The molecule has 0 saturated carbocycles. The molecule has 1 N–H and O–H groups in total. The Balaban J connectivity index is 1.28. The highest BCUT2D eigenvalue weighted by Gasteiger charge is 2.32. The zero-order valence-electron chi connectivity index (χ0n) is 20.0. The molecule has 10 heteroatoms. The maximum absolute atomic E-state index is 13.3. The Morgan fingerprint density at radius 2 is 1.70 bits per heavy atom. The summed E-state index contributed by atoms with van der Waals surface area (Å²) in [6.07, 6.45) is 2.31. The van der Waals surface area contributed by atoms with Crippen LogP contribution in [0.3, 0.4) is 0 Å². The number of hydrogen-bond donors (Lipinski definition) is 1. The topological polar surface area (TPSA) is 69.7 Å². The highest BCUT2D eigenvalue weighted by molar-refractivity contribution is 7.92. The number of halogens is 3. The summed E-state index contributed by atoms with van der Waals surface area (Å²) in [7, 11) is -3.74. The molecule has 3 aromatic rings. The third-order valence-electron chi connectivity index (χ3n) is 6.89. The molecule has 2 heterocycles. The van der Waals surface area contributed by atoms with Gasteiger partial charge in [-0.2, -0.15) is 0 Å². The summed E-state index contributed by atoms with van der Waals surface area (Å²) in [6, 6.07) is 17.1. The Bertz CT molecular complexity index is 1430. The van der Waals surface area contributed by atoms with Gasteiger partial charge in [0, 0.05) is 40.4 Å². The first-order valence-corrected chi connectivity index (χ1v) is 14.7. The lowest BCUT2D eigenvalue weighted by Gasteiger charge is -2.32. The molecule has 0 radical (unpaired) electrons. The van der Waals surface area contributed by atoms with Gasteiger partial charge >= 0.3 is 0 Å². The van der Waals surface area contributed by atoms with Crippen molar-refractivity contribution in [1.29, 1.82) is 0 Å². The minimum absolute atomic E-state index is 0.0723. The van der Waals surface area contributed by atoms with E-state index in [2.05, 4.69) is 10.2 Å². The van der Waals surface area contributed by atoms with E-state index in [-0.39, 0.29) is 16.7 Å². The van der Waals surface area contributed by atoms with Crippen molar-refractivity contribution < 1.29 is 13.2 Å². The number of fused-ring (bicyclic) bond motifs is 1. The molecule has 37 heavy (non-hydrogen) atoms. The first-order chi connectivity index (χ1) is 17.7. The van der Waals surface area contributed by atoms with E-state index in [9.17, 15) is 13.2 Å². The fourth-order valence-electron chi connectivity index (χ4n) is 4.96. The predicted molar refractivity (Wildman–Crippen MR) is 149 cm³/mol. The van der Waals surface area contributed by atoms with Gasteiger partial charge in [-0.05, 0) is 85.5 Å². The second-order valence-electron chi connectivity index (χ2n) is 9.42. The molecule has 2 aliphatic rings. The van der Waals surface area contributed by atoms with Crippen molar-refractivity contribution >= 4 is 62.1 Å². The maximum atomic E-state index is 13.3. The van der Waals surface area contributed by atoms with Gasteiger partial charge in [0.05, 0.1) is 16.5 Å². The molecule has 1 fully saturated rings. The van der Waals surface area contributed by atoms with Gasteiger partial charge in [-0.1, -0.05) is 46.9 Å². The molecule has 2 aliphatic heterocycles. The zero-order chi connectivity index (χ0) is 26.2. The average molecular weight is 579 g/mol. The van der Waals surface area contributed by atoms with E-state index in [1.54, 1.807) is 24.3 Å². The second kappa shape index (κ2) is 10.8. The number of carbonyl (C=O) groups excluding carboxylic acids is 1.